The Labute approximate surface area is 140 Å². The van der Waals surface area contributed by atoms with Crippen LogP contribution in [-0.2, 0) is 4.79 Å². The van der Waals surface area contributed by atoms with Crippen LogP contribution in [0.1, 0.15) is 26.5 Å². The van der Waals surface area contributed by atoms with Crippen LogP contribution in [0.5, 0.6) is 5.75 Å². The predicted octanol–water partition coefficient (Wildman–Crippen LogP) is 3.86. The second-order valence-corrected chi connectivity index (χ2v) is 5.90. The Morgan fingerprint density at radius 1 is 1.30 bits per heavy atom. The van der Waals surface area contributed by atoms with E-state index in [9.17, 15) is 4.79 Å². The highest BCUT2D eigenvalue weighted by atomic mass is 35.5. The molecule has 2 N–H and O–H groups in total. The zero-order chi connectivity index (χ0) is 17.0. The van der Waals surface area contributed by atoms with Gasteiger partial charge in [-0.1, -0.05) is 16.8 Å². The fraction of sp³-hybridized carbons (Fsp3) is 0.375. The highest BCUT2D eigenvalue weighted by Gasteiger charge is 2.15. The summed E-state index contributed by atoms with van der Waals surface area (Å²) in [6.07, 6.45) is 0.0435. The van der Waals surface area contributed by atoms with Gasteiger partial charge in [0.1, 0.15) is 17.6 Å². The largest absolute Gasteiger partial charge is 0.489 e. The number of nitrogens with zero attached hydrogens (tertiary/aromatic N) is 1. The van der Waals surface area contributed by atoms with Gasteiger partial charge < -0.3 is 19.9 Å². The lowest BCUT2D eigenvalue weighted by Gasteiger charge is -2.16. The standard InChI is InChI=1S/C16H20ClN3O3/c1-9(2)22-14-6-5-12(8-13(14)17)18-11(4)16(21)19-15-7-10(3)23-20-15/h5-9,11,18H,1-4H3,(H,19,20,21)/t11-/m1/s1. The molecular weight excluding hydrogens is 318 g/mol. The summed E-state index contributed by atoms with van der Waals surface area (Å²) in [5.74, 6) is 1.41. The van der Waals surface area contributed by atoms with Crippen molar-refractivity contribution in [2.24, 2.45) is 0 Å². The maximum atomic E-state index is 12.1. The molecule has 124 valence electrons. The van der Waals surface area contributed by atoms with Gasteiger partial charge in [0.05, 0.1) is 11.1 Å². The van der Waals surface area contributed by atoms with Gasteiger partial charge in [-0.25, -0.2) is 0 Å². The summed E-state index contributed by atoms with van der Waals surface area (Å²) in [4.78, 5) is 12.1. The van der Waals surface area contributed by atoms with Crippen molar-refractivity contribution in [1.82, 2.24) is 5.16 Å². The Kier molecular flexibility index (Phi) is 5.50. The first-order valence-electron chi connectivity index (χ1n) is 7.32. The van der Waals surface area contributed by atoms with Gasteiger partial charge >= 0.3 is 0 Å². The molecule has 1 aromatic carbocycles. The number of halogens is 1. The molecule has 0 spiro atoms. The first kappa shape index (κ1) is 17.1. The summed E-state index contributed by atoms with van der Waals surface area (Å²) in [6, 6.07) is 6.49. The van der Waals surface area contributed by atoms with Crippen molar-refractivity contribution in [2.75, 3.05) is 10.6 Å². The van der Waals surface area contributed by atoms with E-state index in [4.69, 9.17) is 20.9 Å². The topological polar surface area (TPSA) is 76.4 Å². The van der Waals surface area contributed by atoms with Crippen LogP contribution < -0.4 is 15.4 Å². The number of amides is 1. The number of hydrogen-bond acceptors (Lipinski definition) is 5. The average molecular weight is 338 g/mol. The van der Waals surface area contributed by atoms with Gasteiger partial charge in [0.2, 0.25) is 5.91 Å². The van der Waals surface area contributed by atoms with E-state index in [1.54, 1.807) is 32.0 Å². The normalized spacial score (nSPS) is 12.1. The molecule has 1 amide bonds. The van der Waals surface area contributed by atoms with E-state index < -0.39 is 6.04 Å². The number of aromatic nitrogens is 1. The highest BCUT2D eigenvalue weighted by molar-refractivity contribution is 6.32. The van der Waals surface area contributed by atoms with Crippen LogP contribution in [0, 0.1) is 6.92 Å². The SMILES string of the molecule is Cc1cc(NC(=O)[C@@H](C)Nc2ccc(OC(C)C)c(Cl)c2)no1. The molecule has 0 fully saturated rings. The Bertz CT molecular complexity index is 685. The number of aryl methyl sites for hydroxylation is 1. The Balaban J connectivity index is 1.97. The molecule has 1 atom stereocenters. The minimum atomic E-state index is -0.472. The first-order chi connectivity index (χ1) is 10.8. The maximum absolute atomic E-state index is 12.1. The Morgan fingerprint density at radius 3 is 2.61 bits per heavy atom. The lowest BCUT2D eigenvalue weighted by Crippen LogP contribution is -2.31. The highest BCUT2D eigenvalue weighted by Crippen LogP contribution is 2.28. The van der Waals surface area contributed by atoms with E-state index in [-0.39, 0.29) is 12.0 Å². The maximum Gasteiger partial charge on any atom is 0.247 e. The molecule has 0 unspecified atom stereocenters. The van der Waals surface area contributed by atoms with Crippen molar-refractivity contribution in [3.05, 3.63) is 35.0 Å². The van der Waals surface area contributed by atoms with Gasteiger partial charge in [-0.3, -0.25) is 4.79 Å². The third kappa shape index (κ3) is 4.89. The van der Waals surface area contributed by atoms with Crippen molar-refractivity contribution < 1.29 is 14.1 Å². The Morgan fingerprint density at radius 2 is 2.04 bits per heavy atom. The molecule has 1 heterocycles. The summed E-state index contributed by atoms with van der Waals surface area (Å²) in [6.45, 7) is 7.36. The van der Waals surface area contributed by atoms with Crippen LogP contribution in [0.4, 0.5) is 11.5 Å². The summed E-state index contributed by atoms with van der Waals surface area (Å²) >= 11 is 6.18. The van der Waals surface area contributed by atoms with E-state index in [1.165, 1.54) is 0 Å². The molecule has 0 radical (unpaired) electrons. The van der Waals surface area contributed by atoms with Gasteiger partial charge in [-0.05, 0) is 45.9 Å². The number of carbonyl (C=O) groups excluding carboxylic acids is 1. The van der Waals surface area contributed by atoms with Gasteiger partial charge in [0.25, 0.3) is 0 Å². The predicted molar refractivity (Wildman–Crippen MR) is 90.2 cm³/mol. The number of rotatable bonds is 6. The molecule has 1 aromatic heterocycles. The molecule has 7 heteroatoms. The van der Waals surface area contributed by atoms with E-state index in [0.29, 0.717) is 22.4 Å². The minimum absolute atomic E-state index is 0.0435. The summed E-state index contributed by atoms with van der Waals surface area (Å²) in [5.41, 5.74) is 0.727. The van der Waals surface area contributed by atoms with E-state index in [2.05, 4.69) is 15.8 Å². The molecule has 0 saturated heterocycles. The quantitative estimate of drug-likeness (QED) is 0.837. The van der Waals surface area contributed by atoms with Crippen LogP contribution in [0.2, 0.25) is 5.02 Å². The zero-order valence-corrected chi connectivity index (χ0v) is 14.3. The van der Waals surface area contributed by atoms with Gasteiger partial charge in [-0.15, -0.1) is 0 Å². The fourth-order valence-electron chi connectivity index (χ4n) is 1.92. The number of anilines is 2. The van der Waals surface area contributed by atoms with Crippen molar-refractivity contribution >= 4 is 29.0 Å². The van der Waals surface area contributed by atoms with Crippen LogP contribution in [-0.4, -0.2) is 23.2 Å². The van der Waals surface area contributed by atoms with E-state index >= 15 is 0 Å². The van der Waals surface area contributed by atoms with Crippen LogP contribution in [0.25, 0.3) is 0 Å². The average Bonchev–Trinajstić information content (AvgIpc) is 2.86. The molecule has 0 aliphatic rings. The van der Waals surface area contributed by atoms with Crippen LogP contribution >= 0.6 is 11.6 Å². The zero-order valence-electron chi connectivity index (χ0n) is 13.5. The van der Waals surface area contributed by atoms with Gasteiger partial charge in [-0.2, -0.15) is 0 Å². The number of carbonyl (C=O) groups is 1. The molecule has 23 heavy (non-hydrogen) atoms. The van der Waals surface area contributed by atoms with Crippen LogP contribution in [0.15, 0.2) is 28.8 Å². The third-order valence-electron chi connectivity index (χ3n) is 2.95. The van der Waals surface area contributed by atoms with Crippen molar-refractivity contribution in [2.45, 2.75) is 39.8 Å². The van der Waals surface area contributed by atoms with Gasteiger partial charge in [0, 0.05) is 11.8 Å². The molecular formula is C16H20ClN3O3. The number of nitrogens with one attached hydrogen (secondary N) is 2. The molecule has 0 aliphatic heterocycles. The lowest BCUT2D eigenvalue weighted by atomic mass is 10.2. The number of hydrogen-bond donors (Lipinski definition) is 2. The molecule has 6 nitrogen and oxygen atoms in total. The van der Waals surface area contributed by atoms with Crippen LogP contribution in [0.3, 0.4) is 0 Å². The van der Waals surface area contributed by atoms with E-state index in [1.807, 2.05) is 19.9 Å². The Hall–Kier alpha value is -2.21. The second kappa shape index (κ2) is 7.37. The number of ether oxygens (including phenoxy) is 1. The van der Waals surface area contributed by atoms with Crippen molar-refractivity contribution in [3.63, 3.8) is 0 Å². The molecule has 0 saturated carbocycles. The van der Waals surface area contributed by atoms with Crippen molar-refractivity contribution in [1.29, 1.82) is 0 Å². The monoisotopic (exact) mass is 337 g/mol. The fourth-order valence-corrected chi connectivity index (χ4v) is 2.14. The molecule has 2 aromatic rings. The smallest absolute Gasteiger partial charge is 0.247 e. The summed E-state index contributed by atoms with van der Waals surface area (Å²) < 4.78 is 10.5. The second-order valence-electron chi connectivity index (χ2n) is 5.49. The molecule has 2 rings (SSSR count). The summed E-state index contributed by atoms with van der Waals surface area (Å²) in [7, 11) is 0. The third-order valence-corrected chi connectivity index (χ3v) is 3.25. The number of benzene rings is 1. The minimum Gasteiger partial charge on any atom is -0.489 e. The van der Waals surface area contributed by atoms with Gasteiger partial charge in [0.15, 0.2) is 5.82 Å². The first-order valence-corrected chi connectivity index (χ1v) is 7.70. The molecule has 0 bridgehead atoms. The van der Waals surface area contributed by atoms with E-state index in [0.717, 1.165) is 5.69 Å². The van der Waals surface area contributed by atoms with Crippen molar-refractivity contribution in [3.8, 4) is 5.75 Å². The summed E-state index contributed by atoms with van der Waals surface area (Å²) in [5, 5.41) is 9.97. The molecule has 0 aliphatic carbocycles. The lowest BCUT2D eigenvalue weighted by molar-refractivity contribution is -0.116.